The summed E-state index contributed by atoms with van der Waals surface area (Å²) in [5.41, 5.74) is -1.14. The number of aliphatic hydroxyl groups is 1. The molecule has 2 N–H and O–H groups in total. The van der Waals surface area contributed by atoms with Crippen LogP contribution < -0.4 is 10.1 Å². The maximum atomic E-state index is 13.0. The topological polar surface area (TPSA) is 102 Å². The summed E-state index contributed by atoms with van der Waals surface area (Å²) in [6.45, 7) is 0.394. The molecule has 0 bridgehead atoms. The molecule has 1 saturated carbocycles. The number of fused-ring (bicyclic) bond motifs is 1. The van der Waals surface area contributed by atoms with E-state index in [2.05, 4.69) is 25.0 Å². The fraction of sp³-hybridized carbons (Fsp3) is 0.217. The number of nitrogens with zero attached hydrogens (tertiary/aromatic N) is 4. The van der Waals surface area contributed by atoms with Crippen molar-refractivity contribution >= 4 is 34.2 Å². The van der Waals surface area contributed by atoms with Gasteiger partial charge in [0.05, 0.1) is 29.5 Å². The van der Waals surface area contributed by atoms with Crippen LogP contribution in [0, 0.1) is 0 Å². The zero-order chi connectivity index (χ0) is 23.9. The Bertz CT molecular complexity index is 1350. The van der Waals surface area contributed by atoms with E-state index in [-0.39, 0.29) is 5.75 Å². The Morgan fingerprint density at radius 3 is 2.56 bits per heavy atom. The van der Waals surface area contributed by atoms with Crippen LogP contribution in [0.15, 0.2) is 61.4 Å². The van der Waals surface area contributed by atoms with Gasteiger partial charge in [-0.2, -0.15) is 0 Å². The molecule has 34 heavy (non-hydrogen) atoms. The van der Waals surface area contributed by atoms with E-state index in [4.69, 9.17) is 11.6 Å². The zero-order valence-electron chi connectivity index (χ0n) is 17.6. The lowest BCUT2D eigenvalue weighted by Gasteiger charge is -2.14. The van der Waals surface area contributed by atoms with Crippen LogP contribution in [0.2, 0.25) is 0 Å². The predicted octanol–water partition coefficient (Wildman–Crippen LogP) is 4.44. The molecule has 2 aromatic heterocycles. The molecular formula is C23H18ClF2N5O3. The molecule has 0 radical (unpaired) electrons. The van der Waals surface area contributed by atoms with Crippen molar-refractivity contribution in [1.29, 1.82) is 0 Å². The number of rotatable bonds is 7. The van der Waals surface area contributed by atoms with Gasteiger partial charge in [0.25, 0.3) is 5.91 Å². The van der Waals surface area contributed by atoms with Gasteiger partial charge >= 0.3 is 5.57 Å². The number of amides is 1. The number of imidazole rings is 1. The third-order valence-corrected chi connectivity index (χ3v) is 5.56. The molecule has 2 aromatic carbocycles. The normalized spacial score (nSPS) is 14.7. The summed E-state index contributed by atoms with van der Waals surface area (Å²) in [6.07, 6.45) is 7.78. The van der Waals surface area contributed by atoms with Gasteiger partial charge in [-0.15, -0.1) is 8.78 Å². The Labute approximate surface area is 197 Å². The van der Waals surface area contributed by atoms with Gasteiger partial charge in [0.2, 0.25) is 0 Å². The fourth-order valence-electron chi connectivity index (χ4n) is 3.68. The number of carbonyl (C=O) groups excluding carboxylic acids is 1. The first-order valence-corrected chi connectivity index (χ1v) is 10.7. The molecule has 2 heterocycles. The van der Waals surface area contributed by atoms with Crippen molar-refractivity contribution in [3.05, 3.63) is 67.0 Å². The van der Waals surface area contributed by atoms with Crippen LogP contribution in [0.1, 0.15) is 23.2 Å². The van der Waals surface area contributed by atoms with Crippen molar-refractivity contribution in [3.8, 4) is 16.9 Å². The van der Waals surface area contributed by atoms with Gasteiger partial charge < -0.3 is 19.7 Å². The number of benzene rings is 2. The predicted molar refractivity (Wildman–Crippen MR) is 121 cm³/mol. The summed E-state index contributed by atoms with van der Waals surface area (Å²) >= 11 is 4.77. The molecule has 1 fully saturated rings. The van der Waals surface area contributed by atoms with Gasteiger partial charge in [-0.3, -0.25) is 4.79 Å². The Morgan fingerprint density at radius 1 is 1.21 bits per heavy atom. The number of halogens is 3. The largest absolute Gasteiger partial charge is 0.487 e. The second-order valence-electron chi connectivity index (χ2n) is 8.14. The first-order valence-electron chi connectivity index (χ1n) is 10.3. The van der Waals surface area contributed by atoms with E-state index in [1.165, 1.54) is 30.6 Å². The second kappa shape index (κ2) is 8.30. The van der Waals surface area contributed by atoms with Crippen LogP contribution in [0.3, 0.4) is 0 Å². The SMILES string of the molecule is O=C(Nc1ccc(OC(F)(F)Cl)cc1)c1cc(-c2cncnc2)c2c(c1)ncn2CC1(O)CC1. The molecule has 1 aliphatic rings. The lowest BCUT2D eigenvalue weighted by atomic mass is 10.0. The molecular weight excluding hydrogens is 468 g/mol. The number of hydrogen-bond acceptors (Lipinski definition) is 6. The van der Waals surface area contributed by atoms with Crippen LogP contribution in [0.4, 0.5) is 14.5 Å². The summed E-state index contributed by atoms with van der Waals surface area (Å²) in [6, 6.07) is 8.74. The molecule has 0 spiro atoms. The van der Waals surface area contributed by atoms with E-state index in [1.807, 2.05) is 4.57 Å². The lowest BCUT2D eigenvalue weighted by Crippen LogP contribution is -2.17. The van der Waals surface area contributed by atoms with Gasteiger partial charge in [-0.1, -0.05) is 0 Å². The van der Waals surface area contributed by atoms with Gasteiger partial charge in [-0.05, 0) is 49.2 Å². The molecule has 0 atom stereocenters. The smallest absolute Gasteiger partial charge is 0.420 e. The fourth-order valence-corrected chi connectivity index (χ4v) is 3.77. The summed E-state index contributed by atoms with van der Waals surface area (Å²) in [5, 5.41) is 13.1. The molecule has 8 nitrogen and oxygen atoms in total. The minimum atomic E-state index is -3.82. The number of aromatic nitrogens is 4. The molecule has 174 valence electrons. The minimum absolute atomic E-state index is 0.145. The lowest BCUT2D eigenvalue weighted by molar-refractivity contribution is -0.0964. The number of hydrogen-bond donors (Lipinski definition) is 2. The minimum Gasteiger partial charge on any atom is -0.420 e. The van der Waals surface area contributed by atoms with E-state index in [0.29, 0.717) is 34.4 Å². The van der Waals surface area contributed by atoms with Crippen LogP contribution >= 0.6 is 11.6 Å². The molecule has 1 aliphatic carbocycles. The van der Waals surface area contributed by atoms with Crippen molar-refractivity contribution in [2.45, 2.75) is 30.6 Å². The van der Waals surface area contributed by atoms with Gasteiger partial charge in [0.1, 0.15) is 12.1 Å². The first kappa shape index (κ1) is 22.2. The van der Waals surface area contributed by atoms with Crippen LogP contribution in [0.25, 0.3) is 22.2 Å². The number of carbonyl (C=O) groups is 1. The average Bonchev–Trinajstić information content (AvgIpc) is 3.40. The van der Waals surface area contributed by atoms with E-state index in [9.17, 15) is 18.7 Å². The van der Waals surface area contributed by atoms with Crippen LogP contribution in [0.5, 0.6) is 5.75 Å². The highest BCUT2D eigenvalue weighted by Gasteiger charge is 2.41. The van der Waals surface area contributed by atoms with Crippen LogP contribution in [-0.4, -0.2) is 41.7 Å². The molecule has 1 amide bonds. The highest BCUT2D eigenvalue weighted by atomic mass is 35.5. The second-order valence-corrected chi connectivity index (χ2v) is 8.58. The monoisotopic (exact) mass is 485 g/mol. The average molecular weight is 486 g/mol. The summed E-state index contributed by atoms with van der Waals surface area (Å²) in [7, 11) is 0. The maximum absolute atomic E-state index is 13.0. The van der Waals surface area contributed by atoms with Crippen molar-refractivity contribution in [1.82, 2.24) is 19.5 Å². The molecule has 11 heteroatoms. The van der Waals surface area contributed by atoms with Crippen LogP contribution in [-0.2, 0) is 6.54 Å². The number of alkyl halides is 3. The number of ether oxygens (including phenoxy) is 1. The Kier molecular flexibility index (Phi) is 5.41. The zero-order valence-corrected chi connectivity index (χ0v) is 18.3. The van der Waals surface area contributed by atoms with E-state index >= 15 is 0 Å². The quantitative estimate of drug-likeness (QED) is 0.375. The first-order chi connectivity index (χ1) is 16.2. The summed E-state index contributed by atoms with van der Waals surface area (Å²) < 4.78 is 31.7. The van der Waals surface area contributed by atoms with Crippen molar-refractivity contribution < 1.29 is 23.4 Å². The molecule has 0 aliphatic heterocycles. The van der Waals surface area contributed by atoms with Crippen molar-refractivity contribution in [3.63, 3.8) is 0 Å². The third-order valence-electron chi connectivity index (χ3n) is 5.48. The highest BCUT2D eigenvalue weighted by molar-refractivity contribution is 6.20. The highest BCUT2D eigenvalue weighted by Crippen LogP contribution is 2.38. The number of nitrogens with one attached hydrogen (secondary N) is 1. The summed E-state index contributed by atoms with van der Waals surface area (Å²) in [4.78, 5) is 25.6. The Morgan fingerprint density at radius 2 is 1.91 bits per heavy atom. The molecule has 0 unspecified atom stereocenters. The standard InChI is InChI=1S/C23H18ClF2N5O3/c24-23(25,26)34-17-3-1-16(2-4-17)30-21(32)14-7-18(15-9-27-12-28-10-15)20-19(8-14)29-13-31(20)11-22(33)5-6-22/h1-4,7-10,12-13,33H,5-6,11H2,(H,30,32). The van der Waals surface area contributed by atoms with Gasteiger partial charge in [0, 0.05) is 46.4 Å². The molecule has 5 rings (SSSR count). The summed E-state index contributed by atoms with van der Waals surface area (Å²) in [5.74, 6) is -0.569. The van der Waals surface area contributed by atoms with E-state index in [1.54, 1.807) is 30.9 Å². The maximum Gasteiger partial charge on any atom is 0.487 e. The van der Waals surface area contributed by atoms with Crippen molar-refractivity contribution in [2.24, 2.45) is 0 Å². The molecule has 4 aromatic rings. The molecule has 0 saturated heterocycles. The Hall–Kier alpha value is -3.63. The van der Waals surface area contributed by atoms with Gasteiger partial charge in [-0.25, -0.2) is 15.0 Å². The van der Waals surface area contributed by atoms with Crippen molar-refractivity contribution in [2.75, 3.05) is 5.32 Å². The number of anilines is 1. The van der Waals surface area contributed by atoms with E-state index in [0.717, 1.165) is 18.4 Å². The third kappa shape index (κ3) is 4.82. The Balaban J connectivity index is 1.47. The van der Waals surface area contributed by atoms with E-state index < -0.39 is 17.1 Å². The van der Waals surface area contributed by atoms with Gasteiger partial charge in [0.15, 0.2) is 0 Å².